The molecule has 0 N–H and O–H groups in total. The molecule has 0 atom stereocenters. The lowest BCUT2D eigenvalue weighted by Gasteiger charge is -2.06. The molecular formula is C21H23FN2O2S2. The molecule has 1 heterocycles. The average Bonchev–Trinajstić information content (AvgIpc) is 2.98. The van der Waals surface area contributed by atoms with Crippen molar-refractivity contribution in [1.29, 1.82) is 0 Å². The van der Waals surface area contributed by atoms with Crippen LogP contribution < -0.4 is 4.80 Å². The molecule has 3 aromatic rings. The number of aromatic nitrogens is 1. The van der Waals surface area contributed by atoms with Crippen LogP contribution in [0.1, 0.15) is 31.1 Å². The topological polar surface area (TPSA) is 43.6 Å². The maximum atomic E-state index is 13.6. The summed E-state index contributed by atoms with van der Waals surface area (Å²) in [4.78, 5) is 18.7. The second-order valence-electron chi connectivity index (χ2n) is 6.45. The SMILES string of the molecule is CCOCCn1c(=NC(=O)c2ccc(SC(C)C)cc2)sc2cc(F)ccc21. The van der Waals surface area contributed by atoms with E-state index < -0.39 is 0 Å². The predicted molar refractivity (Wildman–Crippen MR) is 114 cm³/mol. The number of amides is 1. The summed E-state index contributed by atoms with van der Waals surface area (Å²) in [6, 6.07) is 12.1. The first-order valence-electron chi connectivity index (χ1n) is 9.20. The molecule has 0 aliphatic rings. The van der Waals surface area contributed by atoms with E-state index in [0.29, 0.717) is 35.4 Å². The molecule has 0 saturated heterocycles. The molecule has 28 heavy (non-hydrogen) atoms. The van der Waals surface area contributed by atoms with E-state index in [9.17, 15) is 9.18 Å². The summed E-state index contributed by atoms with van der Waals surface area (Å²) in [7, 11) is 0. The Hall–Kier alpha value is -1.96. The number of ether oxygens (including phenoxy) is 1. The van der Waals surface area contributed by atoms with Crippen LogP contribution >= 0.6 is 23.1 Å². The Labute approximate surface area is 172 Å². The summed E-state index contributed by atoms with van der Waals surface area (Å²) in [5.41, 5.74) is 1.38. The molecular weight excluding hydrogens is 395 g/mol. The van der Waals surface area contributed by atoms with Crippen molar-refractivity contribution >= 4 is 39.2 Å². The third-order valence-electron chi connectivity index (χ3n) is 3.98. The lowest BCUT2D eigenvalue weighted by Crippen LogP contribution is -2.19. The molecule has 0 fully saturated rings. The van der Waals surface area contributed by atoms with E-state index in [1.165, 1.54) is 23.5 Å². The standard InChI is InChI=1S/C21H23FN2O2S2/c1-4-26-12-11-24-18-10-7-16(22)13-19(18)28-21(24)23-20(25)15-5-8-17(9-6-15)27-14(2)3/h5-10,13-14H,4,11-12H2,1-3H3. The number of benzene rings is 2. The smallest absolute Gasteiger partial charge is 0.279 e. The van der Waals surface area contributed by atoms with Crippen LogP contribution in [-0.2, 0) is 11.3 Å². The van der Waals surface area contributed by atoms with Crippen molar-refractivity contribution in [2.45, 2.75) is 37.5 Å². The molecule has 148 valence electrons. The summed E-state index contributed by atoms with van der Waals surface area (Å²) in [5.74, 6) is -0.611. The highest BCUT2D eigenvalue weighted by molar-refractivity contribution is 7.99. The second-order valence-corrected chi connectivity index (χ2v) is 9.11. The fourth-order valence-corrected chi connectivity index (χ4v) is 4.67. The van der Waals surface area contributed by atoms with Gasteiger partial charge in [-0.05, 0) is 49.4 Å². The van der Waals surface area contributed by atoms with Gasteiger partial charge in [-0.25, -0.2) is 4.39 Å². The lowest BCUT2D eigenvalue weighted by molar-refractivity contribution is 0.0996. The molecule has 4 nitrogen and oxygen atoms in total. The van der Waals surface area contributed by atoms with Gasteiger partial charge in [0.1, 0.15) is 5.82 Å². The van der Waals surface area contributed by atoms with Crippen LogP contribution in [0.25, 0.3) is 10.2 Å². The van der Waals surface area contributed by atoms with Crippen LogP contribution in [0, 0.1) is 5.82 Å². The van der Waals surface area contributed by atoms with Gasteiger partial charge in [-0.2, -0.15) is 4.99 Å². The fourth-order valence-electron chi connectivity index (χ4n) is 2.75. The molecule has 0 spiro atoms. The number of thioether (sulfide) groups is 1. The first kappa shape index (κ1) is 20.8. The van der Waals surface area contributed by atoms with E-state index in [1.54, 1.807) is 30.0 Å². The van der Waals surface area contributed by atoms with Gasteiger partial charge >= 0.3 is 0 Å². The molecule has 0 saturated carbocycles. The van der Waals surface area contributed by atoms with Crippen molar-refractivity contribution in [3.05, 3.63) is 58.6 Å². The van der Waals surface area contributed by atoms with E-state index >= 15 is 0 Å². The average molecular weight is 419 g/mol. The van der Waals surface area contributed by atoms with Gasteiger partial charge in [0, 0.05) is 28.9 Å². The first-order valence-corrected chi connectivity index (χ1v) is 10.9. The quantitative estimate of drug-likeness (QED) is 0.395. The van der Waals surface area contributed by atoms with Crippen LogP contribution in [0.4, 0.5) is 4.39 Å². The van der Waals surface area contributed by atoms with E-state index in [2.05, 4.69) is 18.8 Å². The molecule has 1 amide bonds. The van der Waals surface area contributed by atoms with Crippen LogP contribution in [0.5, 0.6) is 0 Å². The van der Waals surface area contributed by atoms with Gasteiger partial charge in [-0.1, -0.05) is 25.2 Å². The Balaban J connectivity index is 1.95. The Morgan fingerprint density at radius 2 is 2.00 bits per heavy atom. The van der Waals surface area contributed by atoms with Crippen molar-refractivity contribution in [3.8, 4) is 0 Å². The van der Waals surface area contributed by atoms with Gasteiger partial charge in [0.25, 0.3) is 5.91 Å². The van der Waals surface area contributed by atoms with E-state index in [0.717, 1.165) is 15.1 Å². The largest absolute Gasteiger partial charge is 0.380 e. The van der Waals surface area contributed by atoms with Gasteiger partial charge in [0.05, 0.1) is 16.8 Å². The molecule has 0 aliphatic heterocycles. The fraction of sp³-hybridized carbons (Fsp3) is 0.333. The molecule has 2 aromatic carbocycles. The zero-order valence-electron chi connectivity index (χ0n) is 16.1. The van der Waals surface area contributed by atoms with Crippen LogP contribution in [0.15, 0.2) is 52.4 Å². The third kappa shape index (κ3) is 5.10. The number of hydrogen-bond acceptors (Lipinski definition) is 4. The first-order chi connectivity index (χ1) is 13.5. The molecule has 7 heteroatoms. The maximum absolute atomic E-state index is 13.6. The third-order valence-corrected chi connectivity index (χ3v) is 6.04. The van der Waals surface area contributed by atoms with Crippen molar-refractivity contribution in [2.24, 2.45) is 4.99 Å². The highest BCUT2D eigenvalue weighted by Crippen LogP contribution is 2.23. The zero-order chi connectivity index (χ0) is 20.1. The summed E-state index contributed by atoms with van der Waals surface area (Å²) in [5, 5.41) is 0.481. The molecule has 0 aliphatic carbocycles. The minimum atomic E-state index is -0.307. The Morgan fingerprint density at radius 3 is 2.68 bits per heavy atom. The van der Waals surface area contributed by atoms with E-state index in [-0.39, 0.29) is 11.7 Å². The van der Waals surface area contributed by atoms with Crippen LogP contribution in [0.3, 0.4) is 0 Å². The maximum Gasteiger partial charge on any atom is 0.279 e. The molecule has 1 aromatic heterocycles. The number of nitrogens with zero attached hydrogens (tertiary/aromatic N) is 2. The van der Waals surface area contributed by atoms with Crippen LogP contribution in [0.2, 0.25) is 0 Å². The van der Waals surface area contributed by atoms with E-state index in [1.807, 2.05) is 23.6 Å². The number of rotatable bonds is 7. The molecule has 0 bridgehead atoms. The number of halogens is 1. The summed E-state index contributed by atoms with van der Waals surface area (Å²) in [6.07, 6.45) is 0. The van der Waals surface area contributed by atoms with Gasteiger partial charge in [-0.3, -0.25) is 4.79 Å². The van der Waals surface area contributed by atoms with Crippen LogP contribution in [-0.4, -0.2) is 28.9 Å². The number of carbonyl (C=O) groups excluding carboxylic acids is 1. The van der Waals surface area contributed by atoms with E-state index in [4.69, 9.17) is 4.74 Å². The number of carbonyl (C=O) groups is 1. The molecule has 0 unspecified atom stereocenters. The number of fused-ring (bicyclic) bond motifs is 1. The number of thiazole rings is 1. The molecule has 3 rings (SSSR count). The summed E-state index contributed by atoms with van der Waals surface area (Å²) >= 11 is 3.05. The zero-order valence-corrected chi connectivity index (χ0v) is 17.8. The minimum Gasteiger partial charge on any atom is -0.380 e. The Kier molecular flexibility index (Phi) is 7.04. The van der Waals surface area contributed by atoms with Crippen molar-refractivity contribution in [1.82, 2.24) is 4.57 Å². The Bertz CT molecular complexity index is 1020. The van der Waals surface area contributed by atoms with Gasteiger partial charge in [-0.15, -0.1) is 11.8 Å². The Morgan fingerprint density at radius 1 is 1.25 bits per heavy atom. The minimum absolute atomic E-state index is 0.304. The highest BCUT2D eigenvalue weighted by atomic mass is 32.2. The predicted octanol–water partition coefficient (Wildman–Crippen LogP) is 5.12. The van der Waals surface area contributed by atoms with Gasteiger partial charge in [0.15, 0.2) is 4.80 Å². The summed E-state index contributed by atoms with van der Waals surface area (Å²) in [6.45, 7) is 7.86. The number of hydrogen-bond donors (Lipinski definition) is 0. The lowest BCUT2D eigenvalue weighted by atomic mass is 10.2. The van der Waals surface area contributed by atoms with Crippen molar-refractivity contribution < 1.29 is 13.9 Å². The summed E-state index contributed by atoms with van der Waals surface area (Å²) < 4.78 is 21.7. The second kappa shape index (κ2) is 9.49. The van der Waals surface area contributed by atoms with Gasteiger partial charge in [0.2, 0.25) is 0 Å². The normalized spacial score (nSPS) is 12.2. The molecule has 0 radical (unpaired) electrons. The van der Waals surface area contributed by atoms with Crippen molar-refractivity contribution in [2.75, 3.05) is 13.2 Å². The van der Waals surface area contributed by atoms with Crippen molar-refractivity contribution in [3.63, 3.8) is 0 Å². The monoisotopic (exact) mass is 418 g/mol. The van der Waals surface area contributed by atoms with Gasteiger partial charge < -0.3 is 9.30 Å². The highest BCUT2D eigenvalue weighted by Gasteiger charge is 2.10.